The average Bonchev–Trinajstić information content (AvgIpc) is 3.32. The highest BCUT2D eigenvalue weighted by Gasteiger charge is 2.10. The van der Waals surface area contributed by atoms with Crippen molar-refractivity contribution in [2.45, 2.75) is 12.8 Å². The monoisotopic (exact) mass is 416 g/mol. The molecule has 2 aromatic carbocycles. The Balaban J connectivity index is 1.50. The number of nitrogens with zero attached hydrogens (tertiary/aromatic N) is 1. The molecule has 0 bridgehead atoms. The van der Waals surface area contributed by atoms with Gasteiger partial charge in [-0.1, -0.05) is 0 Å². The van der Waals surface area contributed by atoms with Gasteiger partial charge in [0.25, 0.3) is 0 Å². The number of aliphatic imine (C=N–C) groups is 1. The third-order valence-corrected chi connectivity index (χ3v) is 4.44. The van der Waals surface area contributed by atoms with Crippen LogP contribution in [0.25, 0.3) is 0 Å². The predicted octanol–water partition coefficient (Wildman–Crippen LogP) is 5.39. The lowest BCUT2D eigenvalue weighted by atomic mass is 10.1. The van der Waals surface area contributed by atoms with E-state index >= 15 is 0 Å². The van der Waals surface area contributed by atoms with Gasteiger partial charge in [0.2, 0.25) is 0 Å². The fourth-order valence-corrected chi connectivity index (χ4v) is 2.83. The zero-order chi connectivity index (χ0) is 22.1. The van der Waals surface area contributed by atoms with Crippen molar-refractivity contribution in [3.8, 4) is 17.2 Å². The minimum atomic E-state index is 0.156. The van der Waals surface area contributed by atoms with E-state index in [2.05, 4.69) is 4.99 Å². The van der Waals surface area contributed by atoms with Gasteiger partial charge in [-0.25, -0.2) is 0 Å². The number of furan rings is 1. The maximum absolute atomic E-state index is 8.14. The Kier molecular flexibility index (Phi) is 7.48. The van der Waals surface area contributed by atoms with Crippen LogP contribution in [0.15, 0.2) is 76.3 Å². The second kappa shape index (κ2) is 10.7. The lowest BCUT2D eigenvalue weighted by Crippen LogP contribution is -2.15. The summed E-state index contributed by atoms with van der Waals surface area (Å²) in [6.07, 6.45) is 3.47. The van der Waals surface area contributed by atoms with Crippen LogP contribution in [0.3, 0.4) is 0 Å². The van der Waals surface area contributed by atoms with E-state index in [1.54, 1.807) is 67.9 Å². The molecular formula is C24H24N4O3. The highest BCUT2D eigenvalue weighted by Crippen LogP contribution is 2.24. The first-order valence-electron chi connectivity index (χ1n) is 9.72. The van der Waals surface area contributed by atoms with E-state index in [1.807, 2.05) is 6.07 Å². The number of nitrogens with one attached hydrogen (secondary N) is 3. The Morgan fingerprint density at radius 3 is 2.19 bits per heavy atom. The van der Waals surface area contributed by atoms with Crippen molar-refractivity contribution in [2.75, 3.05) is 13.7 Å². The summed E-state index contributed by atoms with van der Waals surface area (Å²) in [5.74, 6) is 2.61. The van der Waals surface area contributed by atoms with E-state index in [4.69, 9.17) is 30.1 Å². The van der Waals surface area contributed by atoms with E-state index in [0.717, 1.165) is 5.56 Å². The summed E-state index contributed by atoms with van der Waals surface area (Å²) in [5, 5.41) is 23.1. The molecule has 1 aromatic heterocycles. The summed E-state index contributed by atoms with van der Waals surface area (Å²) >= 11 is 0. The lowest BCUT2D eigenvalue weighted by molar-refractivity contribution is 0.373. The summed E-state index contributed by atoms with van der Waals surface area (Å²) in [5.41, 5.74) is 2.27. The smallest absolute Gasteiger partial charge is 0.147 e. The van der Waals surface area contributed by atoms with Crippen LogP contribution in [-0.4, -0.2) is 37.0 Å². The van der Waals surface area contributed by atoms with Crippen molar-refractivity contribution in [2.24, 2.45) is 4.99 Å². The second-order valence-corrected chi connectivity index (χ2v) is 6.70. The van der Waals surface area contributed by atoms with E-state index in [1.165, 1.54) is 6.21 Å². The summed E-state index contributed by atoms with van der Waals surface area (Å²) in [4.78, 5) is 4.19. The maximum atomic E-state index is 8.14. The van der Waals surface area contributed by atoms with Crippen molar-refractivity contribution >= 4 is 23.3 Å². The topological polar surface area (TPSA) is 116 Å². The third kappa shape index (κ3) is 6.24. The Morgan fingerprint density at radius 1 is 0.968 bits per heavy atom. The zero-order valence-corrected chi connectivity index (χ0v) is 17.2. The molecule has 3 rings (SSSR count). The Labute approximate surface area is 180 Å². The first-order valence-corrected chi connectivity index (χ1v) is 9.72. The predicted molar refractivity (Wildman–Crippen MR) is 122 cm³/mol. The molecule has 7 nitrogen and oxygen atoms in total. The lowest BCUT2D eigenvalue weighted by Gasteiger charge is -2.10. The van der Waals surface area contributed by atoms with Gasteiger partial charge in [-0.05, 0) is 66.2 Å². The van der Waals surface area contributed by atoms with Crippen LogP contribution in [0, 0.1) is 16.2 Å². The highest BCUT2D eigenvalue weighted by atomic mass is 16.5. The van der Waals surface area contributed by atoms with Crippen LogP contribution >= 0.6 is 0 Å². The molecule has 0 aliphatic carbocycles. The molecule has 0 radical (unpaired) electrons. The van der Waals surface area contributed by atoms with Gasteiger partial charge in [-0.3, -0.25) is 4.99 Å². The molecule has 0 saturated carbocycles. The van der Waals surface area contributed by atoms with Crippen LogP contribution in [0.1, 0.15) is 24.2 Å². The first kappa shape index (κ1) is 21.7. The molecule has 1 heterocycles. The highest BCUT2D eigenvalue weighted by molar-refractivity contribution is 6.10. The number of hydrogen-bond donors (Lipinski definition) is 3. The Morgan fingerprint density at radius 2 is 1.61 bits per heavy atom. The van der Waals surface area contributed by atoms with Gasteiger partial charge in [0.1, 0.15) is 29.6 Å². The van der Waals surface area contributed by atoms with Crippen LogP contribution in [0.5, 0.6) is 17.2 Å². The van der Waals surface area contributed by atoms with Gasteiger partial charge in [0.15, 0.2) is 0 Å². The van der Waals surface area contributed by atoms with E-state index in [-0.39, 0.29) is 6.61 Å². The minimum absolute atomic E-state index is 0.156. The van der Waals surface area contributed by atoms with Crippen LogP contribution in [0.4, 0.5) is 0 Å². The second-order valence-electron chi connectivity index (χ2n) is 6.70. The maximum Gasteiger partial charge on any atom is 0.147 e. The van der Waals surface area contributed by atoms with E-state index in [0.29, 0.717) is 53.0 Å². The van der Waals surface area contributed by atoms with Crippen LogP contribution in [0.2, 0.25) is 0 Å². The summed E-state index contributed by atoms with van der Waals surface area (Å²) in [6, 6.07) is 18.0. The molecule has 0 saturated heterocycles. The van der Waals surface area contributed by atoms with Crippen molar-refractivity contribution in [1.29, 1.82) is 16.2 Å². The largest absolute Gasteiger partial charge is 0.488 e. The molecular weight excluding hydrogens is 392 g/mol. The Hall–Kier alpha value is -4.00. The quantitative estimate of drug-likeness (QED) is 0.364. The van der Waals surface area contributed by atoms with Gasteiger partial charge in [-0.2, -0.15) is 0 Å². The fraction of sp³-hybridized carbons (Fsp3) is 0.167. The molecule has 0 aliphatic rings. The molecule has 0 fully saturated rings. The summed E-state index contributed by atoms with van der Waals surface area (Å²) < 4.78 is 16.9. The zero-order valence-electron chi connectivity index (χ0n) is 17.2. The minimum Gasteiger partial charge on any atom is -0.488 e. The third-order valence-electron chi connectivity index (χ3n) is 4.44. The molecule has 0 atom stereocenters. The molecule has 158 valence electrons. The van der Waals surface area contributed by atoms with Gasteiger partial charge < -0.3 is 30.1 Å². The normalized spacial score (nSPS) is 11.1. The fourth-order valence-electron chi connectivity index (χ4n) is 2.83. The molecule has 0 spiro atoms. The molecule has 3 aromatic rings. The number of benzene rings is 2. The molecule has 0 aliphatic heterocycles. The summed E-state index contributed by atoms with van der Waals surface area (Å²) in [7, 11) is 1.68. The van der Waals surface area contributed by atoms with Crippen molar-refractivity contribution in [1.82, 2.24) is 0 Å². The van der Waals surface area contributed by atoms with Crippen molar-refractivity contribution in [3.63, 3.8) is 0 Å². The van der Waals surface area contributed by atoms with E-state index in [9.17, 15) is 0 Å². The van der Waals surface area contributed by atoms with E-state index < -0.39 is 0 Å². The number of ether oxygens (including phenoxy) is 2. The number of rotatable bonds is 11. The summed E-state index contributed by atoms with van der Waals surface area (Å²) in [6.45, 7) is 0.156. The van der Waals surface area contributed by atoms with Crippen LogP contribution < -0.4 is 9.47 Å². The SMILES string of the molecule is CN=C(CC(=N)COc1ccc(Oc2ccc(C(=N)CC=N)cc2)cc1)c1ccco1. The van der Waals surface area contributed by atoms with Gasteiger partial charge in [-0.15, -0.1) is 0 Å². The van der Waals surface area contributed by atoms with Crippen molar-refractivity contribution in [3.05, 3.63) is 78.3 Å². The molecule has 7 heteroatoms. The van der Waals surface area contributed by atoms with Gasteiger partial charge in [0, 0.05) is 31.8 Å². The standard InChI is InChI=1S/C24H24N4O3/c1-28-23(24-3-2-14-29-24)15-18(26)16-30-19-8-10-21(11-9-19)31-20-6-4-17(5-7-20)22(27)12-13-25/h2-11,13-14,25-27H,12,15-16H2,1H3. The first-order chi connectivity index (χ1) is 15.1. The number of hydrogen-bond acceptors (Lipinski definition) is 7. The van der Waals surface area contributed by atoms with Gasteiger partial charge >= 0.3 is 0 Å². The molecule has 0 unspecified atom stereocenters. The van der Waals surface area contributed by atoms with Crippen molar-refractivity contribution < 1.29 is 13.9 Å². The van der Waals surface area contributed by atoms with Crippen LogP contribution in [-0.2, 0) is 0 Å². The van der Waals surface area contributed by atoms with Gasteiger partial charge in [0.05, 0.1) is 17.7 Å². The molecule has 0 amide bonds. The Bertz CT molecular complexity index is 1050. The average molecular weight is 416 g/mol. The molecule has 3 N–H and O–H groups in total. The molecule has 31 heavy (non-hydrogen) atoms.